The standard InChI is InChI=1S/C12H12O5/c1-14-9-3-8(4-10(5-9)15-2)12(13)11-6-16-7-17-11/h3-6H,7H2,1-2H3. The summed E-state index contributed by atoms with van der Waals surface area (Å²) in [6.45, 7) is 0.0716. The molecule has 1 heterocycles. The van der Waals surface area contributed by atoms with Gasteiger partial charge in [0.15, 0.2) is 0 Å². The molecule has 0 aromatic heterocycles. The lowest BCUT2D eigenvalue weighted by atomic mass is 10.1. The van der Waals surface area contributed by atoms with E-state index in [4.69, 9.17) is 18.9 Å². The fourth-order valence-corrected chi connectivity index (χ4v) is 1.44. The second-order valence-electron chi connectivity index (χ2n) is 3.34. The van der Waals surface area contributed by atoms with Crippen LogP contribution in [0, 0.1) is 0 Å². The lowest BCUT2D eigenvalue weighted by Gasteiger charge is -2.07. The third-order valence-electron chi connectivity index (χ3n) is 2.31. The first-order valence-electron chi connectivity index (χ1n) is 4.97. The molecule has 0 fully saturated rings. The second kappa shape index (κ2) is 4.78. The fraction of sp³-hybridized carbons (Fsp3) is 0.250. The van der Waals surface area contributed by atoms with E-state index in [9.17, 15) is 4.79 Å². The monoisotopic (exact) mass is 236 g/mol. The Balaban J connectivity index is 2.33. The third kappa shape index (κ3) is 2.33. The predicted octanol–water partition coefficient (Wildman–Crippen LogP) is 1.73. The highest BCUT2D eigenvalue weighted by molar-refractivity contribution is 6.07. The molecular formula is C12H12O5. The van der Waals surface area contributed by atoms with Gasteiger partial charge in [-0.2, -0.15) is 0 Å². The molecule has 17 heavy (non-hydrogen) atoms. The number of ketones is 1. The maximum absolute atomic E-state index is 12.0. The average Bonchev–Trinajstić information content (AvgIpc) is 2.91. The normalized spacial score (nSPS) is 13.4. The van der Waals surface area contributed by atoms with Crippen LogP contribution in [0.15, 0.2) is 30.2 Å². The Hall–Kier alpha value is -2.17. The fourth-order valence-electron chi connectivity index (χ4n) is 1.44. The van der Waals surface area contributed by atoms with Crippen molar-refractivity contribution >= 4 is 5.78 Å². The molecule has 90 valence electrons. The van der Waals surface area contributed by atoms with Crippen molar-refractivity contribution in [1.29, 1.82) is 0 Å². The van der Waals surface area contributed by atoms with E-state index in [0.717, 1.165) is 0 Å². The number of allylic oxidation sites excluding steroid dienone is 1. The van der Waals surface area contributed by atoms with Crippen molar-refractivity contribution in [3.8, 4) is 11.5 Å². The first-order chi connectivity index (χ1) is 8.24. The summed E-state index contributed by atoms with van der Waals surface area (Å²) in [5, 5.41) is 0. The van der Waals surface area contributed by atoms with Crippen LogP contribution in [0.2, 0.25) is 0 Å². The summed E-state index contributed by atoms with van der Waals surface area (Å²) in [6.07, 6.45) is 1.30. The SMILES string of the molecule is COc1cc(OC)cc(C(=O)C2=COCO2)c1. The summed E-state index contributed by atoms with van der Waals surface area (Å²) >= 11 is 0. The maximum atomic E-state index is 12.0. The van der Waals surface area contributed by atoms with E-state index in [-0.39, 0.29) is 18.3 Å². The minimum Gasteiger partial charge on any atom is -0.497 e. The van der Waals surface area contributed by atoms with Crippen molar-refractivity contribution in [2.75, 3.05) is 21.0 Å². The van der Waals surface area contributed by atoms with Gasteiger partial charge in [-0.1, -0.05) is 0 Å². The van der Waals surface area contributed by atoms with Crippen LogP contribution in [0.25, 0.3) is 0 Å². The molecule has 1 aliphatic heterocycles. The number of carbonyl (C=O) groups is 1. The van der Waals surface area contributed by atoms with Crippen LogP contribution < -0.4 is 9.47 Å². The van der Waals surface area contributed by atoms with Crippen molar-refractivity contribution in [2.24, 2.45) is 0 Å². The number of ether oxygens (including phenoxy) is 4. The van der Waals surface area contributed by atoms with E-state index < -0.39 is 0 Å². The van der Waals surface area contributed by atoms with Crippen LogP contribution in [-0.2, 0) is 9.47 Å². The van der Waals surface area contributed by atoms with Crippen molar-refractivity contribution in [2.45, 2.75) is 0 Å². The summed E-state index contributed by atoms with van der Waals surface area (Å²) in [7, 11) is 3.05. The van der Waals surface area contributed by atoms with Crippen LogP contribution in [0.4, 0.5) is 0 Å². The van der Waals surface area contributed by atoms with Gasteiger partial charge in [-0.15, -0.1) is 0 Å². The number of rotatable bonds is 4. The maximum Gasteiger partial charge on any atom is 0.231 e. The first-order valence-corrected chi connectivity index (χ1v) is 4.97. The number of Topliss-reactive ketones (excluding diaryl/α,β-unsaturated/α-hetero) is 1. The van der Waals surface area contributed by atoms with Gasteiger partial charge < -0.3 is 18.9 Å². The molecule has 1 aromatic rings. The smallest absolute Gasteiger partial charge is 0.231 e. The zero-order valence-electron chi connectivity index (χ0n) is 9.56. The quantitative estimate of drug-likeness (QED) is 0.745. The highest BCUT2D eigenvalue weighted by Crippen LogP contribution is 2.25. The molecule has 0 radical (unpaired) electrons. The number of methoxy groups -OCH3 is 2. The van der Waals surface area contributed by atoms with E-state index in [1.54, 1.807) is 18.2 Å². The van der Waals surface area contributed by atoms with Crippen molar-refractivity contribution in [3.63, 3.8) is 0 Å². The highest BCUT2D eigenvalue weighted by Gasteiger charge is 2.19. The molecule has 5 nitrogen and oxygen atoms in total. The van der Waals surface area contributed by atoms with Gasteiger partial charge in [0.25, 0.3) is 0 Å². The molecule has 0 N–H and O–H groups in total. The zero-order chi connectivity index (χ0) is 12.3. The summed E-state index contributed by atoms with van der Waals surface area (Å²) in [5.74, 6) is 1.01. The molecule has 0 spiro atoms. The molecule has 1 aliphatic rings. The summed E-state index contributed by atoms with van der Waals surface area (Å²) in [6, 6.07) is 4.93. The summed E-state index contributed by atoms with van der Waals surface area (Å²) in [4.78, 5) is 12.0. The molecule has 5 heteroatoms. The van der Waals surface area contributed by atoms with Gasteiger partial charge >= 0.3 is 0 Å². The van der Waals surface area contributed by atoms with Crippen molar-refractivity contribution in [1.82, 2.24) is 0 Å². The lowest BCUT2D eigenvalue weighted by molar-refractivity contribution is 0.0684. The lowest BCUT2D eigenvalue weighted by Crippen LogP contribution is -2.04. The molecule has 2 rings (SSSR count). The van der Waals surface area contributed by atoms with Gasteiger partial charge in [-0.3, -0.25) is 4.79 Å². The van der Waals surface area contributed by atoms with Crippen LogP contribution in [0.3, 0.4) is 0 Å². The van der Waals surface area contributed by atoms with Gasteiger partial charge in [-0.25, -0.2) is 0 Å². The predicted molar refractivity (Wildman–Crippen MR) is 59.0 cm³/mol. The van der Waals surface area contributed by atoms with Gasteiger partial charge in [0.05, 0.1) is 14.2 Å². The highest BCUT2D eigenvalue weighted by atomic mass is 16.7. The Kier molecular flexibility index (Phi) is 3.18. The number of hydrogen-bond acceptors (Lipinski definition) is 5. The average molecular weight is 236 g/mol. The Labute approximate surface area is 98.5 Å². The molecule has 0 atom stereocenters. The second-order valence-corrected chi connectivity index (χ2v) is 3.34. The number of carbonyl (C=O) groups excluding carboxylic acids is 1. The zero-order valence-corrected chi connectivity index (χ0v) is 9.56. The van der Waals surface area contributed by atoms with Crippen molar-refractivity contribution in [3.05, 3.63) is 35.8 Å². The molecule has 0 amide bonds. The minimum absolute atomic E-state index is 0.0716. The van der Waals surface area contributed by atoms with E-state index in [0.29, 0.717) is 17.1 Å². The Morgan fingerprint density at radius 3 is 2.29 bits per heavy atom. The Morgan fingerprint density at radius 1 is 1.18 bits per heavy atom. The van der Waals surface area contributed by atoms with E-state index >= 15 is 0 Å². The van der Waals surface area contributed by atoms with E-state index in [1.165, 1.54) is 20.5 Å². The summed E-state index contributed by atoms with van der Waals surface area (Å²) < 4.78 is 20.0. The Morgan fingerprint density at radius 2 is 1.82 bits per heavy atom. The molecule has 0 bridgehead atoms. The number of hydrogen-bond donors (Lipinski definition) is 0. The van der Waals surface area contributed by atoms with Gasteiger partial charge in [-0.05, 0) is 12.1 Å². The summed E-state index contributed by atoms with van der Waals surface area (Å²) in [5.41, 5.74) is 0.429. The molecule has 0 saturated carbocycles. The van der Waals surface area contributed by atoms with E-state index in [1.807, 2.05) is 0 Å². The van der Waals surface area contributed by atoms with Gasteiger partial charge in [0.1, 0.15) is 17.8 Å². The van der Waals surface area contributed by atoms with Crippen LogP contribution in [0.1, 0.15) is 10.4 Å². The molecule has 0 saturated heterocycles. The van der Waals surface area contributed by atoms with Crippen LogP contribution in [0.5, 0.6) is 11.5 Å². The molecule has 0 unspecified atom stereocenters. The van der Waals surface area contributed by atoms with Crippen molar-refractivity contribution < 1.29 is 23.7 Å². The molecular weight excluding hydrogens is 224 g/mol. The Bertz CT molecular complexity index is 442. The van der Waals surface area contributed by atoms with Gasteiger partial charge in [0, 0.05) is 11.6 Å². The molecule has 1 aromatic carbocycles. The third-order valence-corrected chi connectivity index (χ3v) is 2.31. The number of benzene rings is 1. The first kappa shape index (κ1) is 11.3. The topological polar surface area (TPSA) is 54.0 Å². The molecule has 0 aliphatic carbocycles. The van der Waals surface area contributed by atoms with E-state index in [2.05, 4.69) is 0 Å². The minimum atomic E-state index is -0.264. The van der Waals surface area contributed by atoms with Crippen LogP contribution >= 0.6 is 0 Å². The van der Waals surface area contributed by atoms with Gasteiger partial charge in [0.2, 0.25) is 18.3 Å². The largest absolute Gasteiger partial charge is 0.497 e. The van der Waals surface area contributed by atoms with Crippen LogP contribution in [-0.4, -0.2) is 26.8 Å².